The molecule has 2 rings (SSSR count). The van der Waals surface area contributed by atoms with E-state index >= 15 is 0 Å². The van der Waals surface area contributed by atoms with Gasteiger partial charge in [0, 0.05) is 23.5 Å². The van der Waals surface area contributed by atoms with Crippen molar-refractivity contribution in [2.75, 3.05) is 5.32 Å². The van der Waals surface area contributed by atoms with E-state index in [4.69, 9.17) is 11.6 Å². The number of pyridine rings is 1. The molecule has 2 N–H and O–H groups in total. The number of amides is 1. The van der Waals surface area contributed by atoms with Gasteiger partial charge in [0.1, 0.15) is 5.82 Å². The Morgan fingerprint density at radius 1 is 1.21 bits per heavy atom. The Labute approximate surface area is 142 Å². The van der Waals surface area contributed by atoms with Crippen molar-refractivity contribution in [3.05, 3.63) is 52.7 Å². The zero-order chi connectivity index (χ0) is 17.9. The first-order valence-electron chi connectivity index (χ1n) is 7.07. The van der Waals surface area contributed by atoms with Crippen LogP contribution in [0.25, 0.3) is 0 Å². The Kier molecular flexibility index (Phi) is 5.33. The van der Waals surface area contributed by atoms with Gasteiger partial charge in [-0.1, -0.05) is 11.6 Å². The summed E-state index contributed by atoms with van der Waals surface area (Å²) >= 11 is 5.58. The van der Waals surface area contributed by atoms with E-state index in [2.05, 4.69) is 15.6 Å². The number of carbonyl (C=O) groups excluding carboxylic acids is 1. The van der Waals surface area contributed by atoms with Crippen molar-refractivity contribution in [2.45, 2.75) is 26.1 Å². The van der Waals surface area contributed by atoms with Crippen molar-refractivity contribution >= 4 is 29.0 Å². The summed E-state index contributed by atoms with van der Waals surface area (Å²) in [5, 5.41) is 5.09. The third kappa shape index (κ3) is 4.61. The molecule has 1 heterocycles. The first-order valence-corrected chi connectivity index (χ1v) is 7.45. The van der Waals surface area contributed by atoms with Crippen LogP contribution in [-0.4, -0.2) is 16.9 Å². The summed E-state index contributed by atoms with van der Waals surface area (Å²) in [4.78, 5) is 16.0. The Hall–Kier alpha value is -2.28. The highest BCUT2D eigenvalue weighted by molar-refractivity contribution is 6.31. The molecule has 0 spiro atoms. The third-order valence-corrected chi connectivity index (χ3v) is 3.32. The highest BCUT2D eigenvalue weighted by Crippen LogP contribution is 2.36. The number of anilines is 2. The van der Waals surface area contributed by atoms with E-state index in [1.54, 1.807) is 0 Å². The number of benzene rings is 1. The van der Waals surface area contributed by atoms with Crippen molar-refractivity contribution in [3.63, 3.8) is 0 Å². The van der Waals surface area contributed by atoms with Crippen molar-refractivity contribution in [1.82, 2.24) is 10.3 Å². The maximum absolute atomic E-state index is 12.9. The molecule has 1 aromatic carbocycles. The van der Waals surface area contributed by atoms with Crippen LogP contribution in [0.3, 0.4) is 0 Å². The van der Waals surface area contributed by atoms with E-state index in [9.17, 15) is 18.0 Å². The zero-order valence-electron chi connectivity index (χ0n) is 12.9. The van der Waals surface area contributed by atoms with Gasteiger partial charge in [0.2, 0.25) is 0 Å². The van der Waals surface area contributed by atoms with Gasteiger partial charge in [-0.15, -0.1) is 0 Å². The summed E-state index contributed by atoms with van der Waals surface area (Å²) in [6.45, 7) is 3.65. The molecule has 0 radical (unpaired) electrons. The smallest absolute Gasteiger partial charge is 0.350 e. The van der Waals surface area contributed by atoms with Gasteiger partial charge >= 0.3 is 6.18 Å². The SMILES string of the molecule is CC(C)NC(=O)c1ccnc(Nc2ccc(Cl)c(C(F)(F)F)c2)c1. The van der Waals surface area contributed by atoms with E-state index in [1.165, 1.54) is 24.4 Å². The van der Waals surface area contributed by atoms with Crippen LogP contribution in [0, 0.1) is 0 Å². The Morgan fingerprint density at radius 3 is 2.54 bits per heavy atom. The summed E-state index contributed by atoms with van der Waals surface area (Å²) in [5.41, 5.74) is -0.422. The molecule has 0 saturated carbocycles. The van der Waals surface area contributed by atoms with Crippen molar-refractivity contribution in [1.29, 1.82) is 0 Å². The second kappa shape index (κ2) is 7.09. The Bertz CT molecular complexity index is 748. The number of hydrogen-bond acceptors (Lipinski definition) is 3. The fraction of sp³-hybridized carbons (Fsp3) is 0.250. The number of aromatic nitrogens is 1. The summed E-state index contributed by atoms with van der Waals surface area (Å²) in [6.07, 6.45) is -3.15. The molecule has 8 heteroatoms. The number of alkyl halides is 3. The van der Waals surface area contributed by atoms with Gasteiger partial charge in [-0.25, -0.2) is 4.98 Å². The minimum absolute atomic E-state index is 0.0346. The molecule has 0 aliphatic rings. The number of halogens is 4. The third-order valence-electron chi connectivity index (χ3n) is 2.99. The number of hydrogen-bond donors (Lipinski definition) is 2. The van der Waals surface area contributed by atoms with Crippen LogP contribution in [-0.2, 0) is 6.18 Å². The minimum atomic E-state index is -4.55. The molecule has 0 atom stereocenters. The molecule has 0 unspecified atom stereocenters. The fourth-order valence-electron chi connectivity index (χ4n) is 1.95. The van der Waals surface area contributed by atoms with Crippen LogP contribution < -0.4 is 10.6 Å². The van der Waals surface area contributed by atoms with Gasteiger partial charge in [0.15, 0.2) is 0 Å². The standard InChI is InChI=1S/C16H15ClF3N3O/c1-9(2)22-15(24)10-5-6-21-14(7-10)23-11-3-4-13(17)12(8-11)16(18,19)20/h3-9H,1-2H3,(H,21,23)(H,22,24). The van der Waals surface area contributed by atoms with Gasteiger partial charge in [-0.2, -0.15) is 13.2 Å². The highest BCUT2D eigenvalue weighted by atomic mass is 35.5. The topological polar surface area (TPSA) is 54.0 Å². The molecule has 1 aromatic heterocycles. The molecule has 0 saturated heterocycles. The van der Waals surface area contributed by atoms with Crippen LogP contribution in [0.5, 0.6) is 0 Å². The highest BCUT2D eigenvalue weighted by Gasteiger charge is 2.33. The van der Waals surface area contributed by atoms with E-state index in [0.29, 0.717) is 5.56 Å². The predicted molar refractivity (Wildman–Crippen MR) is 86.6 cm³/mol. The van der Waals surface area contributed by atoms with E-state index < -0.39 is 11.7 Å². The first-order chi connectivity index (χ1) is 11.2. The maximum Gasteiger partial charge on any atom is 0.417 e. The lowest BCUT2D eigenvalue weighted by molar-refractivity contribution is -0.137. The number of rotatable bonds is 4. The van der Waals surface area contributed by atoms with E-state index in [0.717, 1.165) is 12.1 Å². The fourth-order valence-corrected chi connectivity index (χ4v) is 2.18. The molecular weight excluding hydrogens is 343 g/mol. The normalized spacial score (nSPS) is 11.5. The van der Waals surface area contributed by atoms with Crippen molar-refractivity contribution in [3.8, 4) is 0 Å². The average molecular weight is 358 g/mol. The van der Waals surface area contributed by atoms with Gasteiger partial charge in [0.05, 0.1) is 10.6 Å². The molecule has 2 aromatic rings. The van der Waals surface area contributed by atoms with E-state index in [-0.39, 0.29) is 28.5 Å². The maximum atomic E-state index is 12.9. The van der Waals surface area contributed by atoms with Gasteiger partial charge in [-0.05, 0) is 44.2 Å². The minimum Gasteiger partial charge on any atom is -0.350 e. The average Bonchev–Trinajstić information content (AvgIpc) is 2.48. The number of carbonyl (C=O) groups is 1. The Morgan fingerprint density at radius 2 is 1.92 bits per heavy atom. The van der Waals surface area contributed by atoms with Gasteiger partial charge in [0.25, 0.3) is 5.91 Å². The number of nitrogens with zero attached hydrogens (tertiary/aromatic N) is 1. The van der Waals surface area contributed by atoms with Crippen LogP contribution in [0.1, 0.15) is 29.8 Å². The molecule has 1 amide bonds. The van der Waals surface area contributed by atoms with Crippen molar-refractivity contribution < 1.29 is 18.0 Å². The molecule has 0 aliphatic carbocycles. The van der Waals surface area contributed by atoms with Crippen molar-refractivity contribution in [2.24, 2.45) is 0 Å². The molecule has 128 valence electrons. The molecule has 0 bridgehead atoms. The molecular formula is C16H15ClF3N3O. The zero-order valence-corrected chi connectivity index (χ0v) is 13.7. The summed E-state index contributed by atoms with van der Waals surface area (Å²) in [5.74, 6) is -0.0376. The summed E-state index contributed by atoms with van der Waals surface area (Å²) in [7, 11) is 0. The lowest BCUT2D eigenvalue weighted by atomic mass is 10.2. The monoisotopic (exact) mass is 357 g/mol. The quantitative estimate of drug-likeness (QED) is 0.838. The molecule has 4 nitrogen and oxygen atoms in total. The van der Waals surface area contributed by atoms with Gasteiger partial charge < -0.3 is 10.6 Å². The van der Waals surface area contributed by atoms with Crippen LogP contribution >= 0.6 is 11.6 Å². The van der Waals surface area contributed by atoms with Crippen LogP contribution in [0.15, 0.2) is 36.5 Å². The Balaban J connectivity index is 2.24. The largest absolute Gasteiger partial charge is 0.417 e. The van der Waals surface area contributed by atoms with Crippen LogP contribution in [0.4, 0.5) is 24.7 Å². The van der Waals surface area contributed by atoms with Crippen LogP contribution in [0.2, 0.25) is 5.02 Å². The first kappa shape index (κ1) is 18.1. The second-order valence-corrected chi connectivity index (χ2v) is 5.78. The molecule has 0 fully saturated rings. The summed E-state index contributed by atoms with van der Waals surface area (Å²) in [6, 6.07) is 6.39. The predicted octanol–water partition coefficient (Wildman–Crippen LogP) is 4.64. The number of nitrogens with one attached hydrogen (secondary N) is 2. The van der Waals surface area contributed by atoms with Gasteiger partial charge in [-0.3, -0.25) is 4.79 Å². The van der Waals surface area contributed by atoms with E-state index in [1.807, 2.05) is 13.8 Å². The molecule has 24 heavy (non-hydrogen) atoms. The lowest BCUT2D eigenvalue weighted by Crippen LogP contribution is -2.30. The summed E-state index contributed by atoms with van der Waals surface area (Å²) < 4.78 is 38.6. The lowest BCUT2D eigenvalue weighted by Gasteiger charge is -2.13. The second-order valence-electron chi connectivity index (χ2n) is 5.38. The molecule has 0 aliphatic heterocycles.